The molecule has 2 amide bonds. The lowest BCUT2D eigenvalue weighted by Gasteiger charge is -2.41. The zero-order valence-electron chi connectivity index (χ0n) is 16.2. The van der Waals surface area contributed by atoms with Crippen molar-refractivity contribution in [1.29, 1.82) is 0 Å². The third-order valence-electron chi connectivity index (χ3n) is 5.23. The Balaban J connectivity index is 1.38. The second-order valence-electron chi connectivity index (χ2n) is 7.32. The maximum atomic E-state index is 12.6. The number of ether oxygens (including phenoxy) is 1. The maximum absolute atomic E-state index is 12.6. The summed E-state index contributed by atoms with van der Waals surface area (Å²) in [5.74, 6) is -1.25. The van der Waals surface area contributed by atoms with Crippen LogP contribution < -0.4 is 15.0 Å². The minimum Gasteiger partial charge on any atom is -0.426 e. The quantitative estimate of drug-likeness (QED) is 0.434. The number of halogens is 2. The van der Waals surface area contributed by atoms with Crippen molar-refractivity contribution in [3.63, 3.8) is 0 Å². The largest absolute Gasteiger partial charge is 0.426 e. The fourth-order valence-electron chi connectivity index (χ4n) is 3.71. The number of fused-ring (bicyclic) bond motifs is 1. The fraction of sp³-hybridized carbons (Fsp3) is 0.286. The first-order chi connectivity index (χ1) is 14.3. The van der Waals surface area contributed by atoms with Crippen molar-refractivity contribution in [1.82, 2.24) is 4.90 Å². The molecule has 7 nitrogen and oxygen atoms in total. The number of amides is 2. The Morgan fingerprint density at radius 3 is 2.63 bits per heavy atom. The summed E-state index contributed by atoms with van der Waals surface area (Å²) in [5, 5.41) is 3.55. The monoisotopic (exact) mass is 447 g/mol. The topological polar surface area (TPSA) is 79.0 Å². The van der Waals surface area contributed by atoms with Crippen molar-refractivity contribution in [2.45, 2.75) is 19.4 Å². The Morgan fingerprint density at radius 1 is 1.10 bits per heavy atom. The summed E-state index contributed by atoms with van der Waals surface area (Å²) in [6, 6.07) is 10.3. The summed E-state index contributed by atoms with van der Waals surface area (Å²) >= 11 is 12.1. The average molecular weight is 448 g/mol. The van der Waals surface area contributed by atoms with Crippen molar-refractivity contribution < 1.29 is 19.1 Å². The van der Waals surface area contributed by atoms with Crippen molar-refractivity contribution >= 4 is 52.4 Å². The molecule has 2 aromatic rings. The van der Waals surface area contributed by atoms with Gasteiger partial charge in [0, 0.05) is 48.7 Å². The van der Waals surface area contributed by atoms with Gasteiger partial charge >= 0.3 is 17.8 Å². The first-order valence-electron chi connectivity index (χ1n) is 9.47. The highest BCUT2D eigenvalue weighted by Gasteiger charge is 2.30. The van der Waals surface area contributed by atoms with Crippen molar-refractivity contribution in [3.8, 4) is 5.75 Å². The second kappa shape index (κ2) is 8.16. The summed E-state index contributed by atoms with van der Waals surface area (Å²) in [7, 11) is 0. The molecule has 1 saturated heterocycles. The predicted octanol–water partition coefficient (Wildman–Crippen LogP) is 3.13. The summed E-state index contributed by atoms with van der Waals surface area (Å²) in [6.45, 7) is 3.34. The van der Waals surface area contributed by atoms with Gasteiger partial charge in [-0.15, -0.1) is 0 Å². The minimum atomic E-state index is -0.727. The van der Waals surface area contributed by atoms with E-state index in [0.717, 1.165) is 11.3 Å². The second-order valence-corrected chi connectivity index (χ2v) is 8.13. The highest BCUT2D eigenvalue weighted by molar-refractivity contribution is 6.42. The SMILES string of the molecule is C[C@H]1CN(C(=O)C(=O)Nc2ccc3c(c2)OC(=O)C3)CCN1c1ccc(Cl)c(Cl)c1. The molecule has 1 N–H and O–H groups in total. The van der Waals surface area contributed by atoms with Crippen LogP contribution in [0.5, 0.6) is 5.75 Å². The molecule has 30 heavy (non-hydrogen) atoms. The van der Waals surface area contributed by atoms with Gasteiger partial charge in [0.2, 0.25) is 0 Å². The van der Waals surface area contributed by atoms with Crippen LogP contribution in [0.15, 0.2) is 36.4 Å². The molecule has 2 aliphatic rings. The molecule has 1 atom stereocenters. The molecule has 1 fully saturated rings. The number of hydrogen-bond donors (Lipinski definition) is 1. The van der Waals surface area contributed by atoms with E-state index in [1.54, 1.807) is 30.3 Å². The van der Waals surface area contributed by atoms with Crippen LogP contribution in [-0.4, -0.2) is 48.4 Å². The zero-order valence-corrected chi connectivity index (χ0v) is 17.7. The number of anilines is 2. The number of esters is 1. The number of nitrogens with one attached hydrogen (secondary N) is 1. The van der Waals surface area contributed by atoms with Gasteiger partial charge in [0.15, 0.2) is 0 Å². The van der Waals surface area contributed by atoms with E-state index in [9.17, 15) is 14.4 Å². The normalized spacial score (nSPS) is 18.1. The van der Waals surface area contributed by atoms with Crippen molar-refractivity contribution in [2.24, 2.45) is 0 Å². The Kier molecular flexibility index (Phi) is 5.58. The van der Waals surface area contributed by atoms with Gasteiger partial charge in [0.25, 0.3) is 0 Å². The Morgan fingerprint density at radius 2 is 1.90 bits per heavy atom. The van der Waals surface area contributed by atoms with E-state index in [-0.39, 0.29) is 18.4 Å². The molecule has 0 saturated carbocycles. The van der Waals surface area contributed by atoms with Crippen LogP contribution in [0.4, 0.5) is 11.4 Å². The number of hydrogen-bond acceptors (Lipinski definition) is 5. The third-order valence-corrected chi connectivity index (χ3v) is 5.97. The van der Waals surface area contributed by atoms with Gasteiger partial charge in [-0.1, -0.05) is 29.3 Å². The number of carbonyl (C=O) groups is 3. The predicted molar refractivity (Wildman–Crippen MR) is 114 cm³/mol. The first-order valence-corrected chi connectivity index (χ1v) is 10.2. The Hall–Kier alpha value is -2.77. The number of benzene rings is 2. The van der Waals surface area contributed by atoms with Crippen molar-refractivity contribution in [3.05, 3.63) is 52.0 Å². The summed E-state index contributed by atoms with van der Waals surface area (Å²) in [5.41, 5.74) is 2.09. The van der Waals surface area contributed by atoms with Crippen molar-refractivity contribution in [2.75, 3.05) is 29.9 Å². The lowest BCUT2D eigenvalue weighted by molar-refractivity contribution is -0.143. The lowest BCUT2D eigenvalue weighted by Crippen LogP contribution is -2.55. The van der Waals surface area contributed by atoms with Gasteiger partial charge in [-0.2, -0.15) is 0 Å². The van der Waals surface area contributed by atoms with E-state index in [0.29, 0.717) is 41.1 Å². The zero-order chi connectivity index (χ0) is 21.4. The molecule has 9 heteroatoms. The summed E-state index contributed by atoms with van der Waals surface area (Å²) < 4.78 is 5.08. The van der Waals surface area contributed by atoms with E-state index < -0.39 is 11.8 Å². The smallest absolute Gasteiger partial charge is 0.315 e. The van der Waals surface area contributed by atoms with Gasteiger partial charge in [-0.25, -0.2) is 0 Å². The van der Waals surface area contributed by atoms with E-state index >= 15 is 0 Å². The van der Waals surface area contributed by atoms with E-state index in [2.05, 4.69) is 10.2 Å². The van der Waals surface area contributed by atoms with E-state index in [4.69, 9.17) is 27.9 Å². The molecule has 0 bridgehead atoms. The molecule has 4 rings (SSSR count). The molecule has 0 spiro atoms. The van der Waals surface area contributed by atoms with Gasteiger partial charge < -0.3 is 19.9 Å². The standard InChI is InChI=1S/C21H19Cl2N3O4/c1-12-11-25(6-7-26(12)15-4-5-16(22)17(23)10-15)21(29)20(28)24-14-3-2-13-8-19(27)30-18(13)9-14/h2-5,9-10,12H,6-8,11H2,1H3,(H,24,28)/t12-/m0/s1. The summed E-state index contributed by atoms with van der Waals surface area (Å²) in [4.78, 5) is 40.1. The molecule has 0 radical (unpaired) electrons. The molecule has 0 aromatic heterocycles. The number of rotatable bonds is 2. The Bertz CT molecular complexity index is 1040. The minimum absolute atomic E-state index is 0.00727. The molecular formula is C21H19Cl2N3O4. The average Bonchev–Trinajstić information content (AvgIpc) is 3.08. The van der Waals surface area contributed by atoms with Crippen LogP contribution in [0.2, 0.25) is 10.0 Å². The molecule has 2 aliphatic heterocycles. The molecule has 156 valence electrons. The molecular weight excluding hydrogens is 429 g/mol. The number of nitrogens with zero attached hydrogens (tertiary/aromatic N) is 2. The molecule has 0 aliphatic carbocycles. The van der Waals surface area contributed by atoms with Crippen LogP contribution in [0.25, 0.3) is 0 Å². The highest BCUT2D eigenvalue weighted by atomic mass is 35.5. The van der Waals surface area contributed by atoms with Crippen LogP contribution in [0.1, 0.15) is 12.5 Å². The maximum Gasteiger partial charge on any atom is 0.315 e. The first kappa shape index (κ1) is 20.5. The van der Waals surface area contributed by atoms with Crippen LogP contribution in [0, 0.1) is 0 Å². The lowest BCUT2D eigenvalue weighted by atomic mass is 10.1. The Labute approximate surface area is 183 Å². The number of carbonyl (C=O) groups excluding carboxylic acids is 3. The van der Waals surface area contributed by atoms with Gasteiger partial charge in [0.05, 0.1) is 16.5 Å². The van der Waals surface area contributed by atoms with Gasteiger partial charge in [0.1, 0.15) is 5.75 Å². The third kappa shape index (κ3) is 4.08. The van der Waals surface area contributed by atoms with E-state index in [1.165, 1.54) is 4.90 Å². The number of piperazine rings is 1. The van der Waals surface area contributed by atoms with Crippen LogP contribution in [0.3, 0.4) is 0 Å². The molecule has 2 aromatic carbocycles. The van der Waals surface area contributed by atoms with Crippen LogP contribution in [-0.2, 0) is 20.8 Å². The van der Waals surface area contributed by atoms with Gasteiger partial charge in [-0.3, -0.25) is 14.4 Å². The summed E-state index contributed by atoms with van der Waals surface area (Å²) in [6.07, 6.45) is 0.212. The molecule has 2 heterocycles. The van der Waals surface area contributed by atoms with E-state index in [1.807, 2.05) is 13.0 Å². The highest BCUT2D eigenvalue weighted by Crippen LogP contribution is 2.30. The fourth-order valence-corrected chi connectivity index (χ4v) is 4.00. The van der Waals surface area contributed by atoms with Crippen LogP contribution >= 0.6 is 23.2 Å². The molecule has 0 unspecified atom stereocenters. The van der Waals surface area contributed by atoms with Gasteiger partial charge in [-0.05, 0) is 31.2 Å².